The van der Waals surface area contributed by atoms with E-state index in [-0.39, 0.29) is 18.1 Å². The SMILES string of the molecule is O=C(CSc1nc2ccccc2[nH]1)NC1CCC(O)CC1. The molecule has 1 aromatic carbocycles. The van der Waals surface area contributed by atoms with Crippen LogP contribution in [0.2, 0.25) is 0 Å². The molecule has 1 aromatic heterocycles. The van der Waals surface area contributed by atoms with Crippen molar-refractivity contribution in [3.05, 3.63) is 24.3 Å². The van der Waals surface area contributed by atoms with Crippen LogP contribution in [0.3, 0.4) is 0 Å². The molecule has 3 rings (SSSR count). The average molecular weight is 305 g/mol. The van der Waals surface area contributed by atoms with Crippen LogP contribution < -0.4 is 5.32 Å². The number of rotatable bonds is 4. The first kappa shape index (κ1) is 14.4. The number of amides is 1. The Kier molecular flexibility index (Phi) is 4.45. The van der Waals surface area contributed by atoms with E-state index in [0.29, 0.717) is 5.75 Å². The van der Waals surface area contributed by atoms with Gasteiger partial charge in [-0.15, -0.1) is 0 Å². The minimum Gasteiger partial charge on any atom is -0.393 e. The van der Waals surface area contributed by atoms with Gasteiger partial charge in [-0.05, 0) is 37.8 Å². The number of carbonyl (C=O) groups excluding carboxylic acids is 1. The minimum atomic E-state index is -0.192. The van der Waals surface area contributed by atoms with E-state index in [4.69, 9.17) is 0 Å². The predicted octanol–water partition coefficient (Wildman–Crippen LogP) is 2.07. The summed E-state index contributed by atoms with van der Waals surface area (Å²) < 4.78 is 0. The normalized spacial score (nSPS) is 22.3. The van der Waals surface area contributed by atoms with Gasteiger partial charge in [0.1, 0.15) is 0 Å². The maximum atomic E-state index is 11.9. The molecule has 112 valence electrons. The Labute approximate surface area is 127 Å². The van der Waals surface area contributed by atoms with Crippen molar-refractivity contribution in [1.82, 2.24) is 15.3 Å². The summed E-state index contributed by atoms with van der Waals surface area (Å²) in [6.07, 6.45) is 3.09. The van der Waals surface area contributed by atoms with Crippen LogP contribution in [-0.2, 0) is 4.79 Å². The number of thioether (sulfide) groups is 1. The van der Waals surface area contributed by atoms with E-state index < -0.39 is 0 Å². The van der Waals surface area contributed by atoms with Crippen molar-refractivity contribution in [1.29, 1.82) is 0 Å². The van der Waals surface area contributed by atoms with Gasteiger partial charge in [-0.25, -0.2) is 4.98 Å². The van der Waals surface area contributed by atoms with Crippen molar-refractivity contribution in [2.75, 3.05) is 5.75 Å². The van der Waals surface area contributed by atoms with E-state index in [1.54, 1.807) is 0 Å². The number of aliphatic hydroxyl groups excluding tert-OH is 1. The van der Waals surface area contributed by atoms with Crippen LogP contribution in [0, 0.1) is 0 Å². The molecule has 0 unspecified atom stereocenters. The first-order valence-electron chi connectivity index (χ1n) is 7.25. The maximum Gasteiger partial charge on any atom is 0.230 e. The maximum absolute atomic E-state index is 11.9. The zero-order valence-electron chi connectivity index (χ0n) is 11.7. The molecule has 3 N–H and O–H groups in total. The number of benzene rings is 1. The van der Waals surface area contributed by atoms with Crippen LogP contribution in [0.15, 0.2) is 29.4 Å². The molecule has 2 aromatic rings. The molecule has 5 nitrogen and oxygen atoms in total. The molecule has 1 fully saturated rings. The molecule has 1 aliphatic rings. The topological polar surface area (TPSA) is 78.0 Å². The van der Waals surface area contributed by atoms with Crippen LogP contribution in [0.4, 0.5) is 0 Å². The molecule has 1 saturated carbocycles. The molecule has 1 aliphatic carbocycles. The van der Waals surface area contributed by atoms with Gasteiger partial charge in [0, 0.05) is 6.04 Å². The van der Waals surface area contributed by atoms with Gasteiger partial charge in [0.2, 0.25) is 5.91 Å². The fraction of sp³-hybridized carbons (Fsp3) is 0.467. The molecule has 0 saturated heterocycles. The first-order valence-corrected chi connectivity index (χ1v) is 8.24. The van der Waals surface area contributed by atoms with Gasteiger partial charge in [0.05, 0.1) is 22.9 Å². The summed E-state index contributed by atoms with van der Waals surface area (Å²) in [5, 5.41) is 13.3. The van der Waals surface area contributed by atoms with Gasteiger partial charge < -0.3 is 15.4 Å². The smallest absolute Gasteiger partial charge is 0.230 e. The fourth-order valence-electron chi connectivity index (χ4n) is 2.62. The van der Waals surface area contributed by atoms with E-state index in [2.05, 4.69) is 15.3 Å². The van der Waals surface area contributed by atoms with E-state index in [0.717, 1.165) is 41.9 Å². The van der Waals surface area contributed by atoms with Crippen molar-refractivity contribution >= 4 is 28.7 Å². The molecule has 1 amide bonds. The summed E-state index contributed by atoms with van der Waals surface area (Å²) in [7, 11) is 0. The number of carbonyl (C=O) groups is 1. The van der Waals surface area contributed by atoms with Crippen LogP contribution in [0.1, 0.15) is 25.7 Å². The Morgan fingerprint density at radius 1 is 1.33 bits per heavy atom. The Morgan fingerprint density at radius 3 is 2.86 bits per heavy atom. The zero-order valence-corrected chi connectivity index (χ0v) is 12.5. The molecule has 21 heavy (non-hydrogen) atoms. The molecular formula is C15H19N3O2S. The monoisotopic (exact) mass is 305 g/mol. The lowest BCUT2D eigenvalue weighted by Crippen LogP contribution is -2.39. The van der Waals surface area contributed by atoms with E-state index >= 15 is 0 Å². The summed E-state index contributed by atoms with van der Waals surface area (Å²) in [6.45, 7) is 0. The molecule has 0 spiro atoms. The Hall–Kier alpha value is -1.53. The van der Waals surface area contributed by atoms with E-state index in [9.17, 15) is 9.90 Å². The second-order valence-corrected chi connectivity index (χ2v) is 6.38. The van der Waals surface area contributed by atoms with Crippen LogP contribution in [-0.4, -0.2) is 38.9 Å². The quantitative estimate of drug-likeness (QED) is 0.756. The van der Waals surface area contributed by atoms with Crippen LogP contribution in [0.25, 0.3) is 11.0 Å². The fourth-order valence-corrected chi connectivity index (χ4v) is 3.32. The molecule has 0 bridgehead atoms. The van der Waals surface area contributed by atoms with Gasteiger partial charge in [-0.1, -0.05) is 23.9 Å². The Morgan fingerprint density at radius 2 is 2.10 bits per heavy atom. The molecule has 6 heteroatoms. The first-order chi connectivity index (χ1) is 10.2. The minimum absolute atomic E-state index is 0.0295. The molecule has 0 aliphatic heterocycles. The van der Waals surface area contributed by atoms with Crippen molar-refractivity contribution < 1.29 is 9.90 Å². The third-order valence-corrected chi connectivity index (χ3v) is 4.64. The lowest BCUT2D eigenvalue weighted by Gasteiger charge is -2.26. The number of para-hydroxylation sites is 2. The van der Waals surface area contributed by atoms with Crippen molar-refractivity contribution in [3.8, 4) is 0 Å². The van der Waals surface area contributed by atoms with Crippen molar-refractivity contribution in [3.63, 3.8) is 0 Å². The highest BCUT2D eigenvalue weighted by atomic mass is 32.2. The van der Waals surface area contributed by atoms with Gasteiger partial charge in [-0.2, -0.15) is 0 Å². The number of hydrogen-bond acceptors (Lipinski definition) is 4. The standard InChI is InChI=1S/C15H19N3O2S/c19-11-7-5-10(6-8-11)16-14(20)9-21-15-17-12-3-1-2-4-13(12)18-15/h1-4,10-11,19H,5-9H2,(H,16,20)(H,17,18). The van der Waals surface area contributed by atoms with E-state index in [1.807, 2.05) is 24.3 Å². The second kappa shape index (κ2) is 6.49. The number of H-pyrrole nitrogens is 1. The number of nitrogens with one attached hydrogen (secondary N) is 2. The number of imidazole rings is 1. The number of fused-ring (bicyclic) bond motifs is 1. The molecule has 0 radical (unpaired) electrons. The van der Waals surface area contributed by atoms with Gasteiger partial charge in [-0.3, -0.25) is 4.79 Å². The van der Waals surface area contributed by atoms with Crippen molar-refractivity contribution in [2.24, 2.45) is 0 Å². The third kappa shape index (κ3) is 3.77. The lowest BCUT2D eigenvalue weighted by atomic mass is 9.93. The summed E-state index contributed by atoms with van der Waals surface area (Å²) >= 11 is 1.42. The highest BCUT2D eigenvalue weighted by Gasteiger charge is 2.20. The zero-order chi connectivity index (χ0) is 14.7. The van der Waals surface area contributed by atoms with Crippen LogP contribution in [0.5, 0.6) is 0 Å². The molecule has 1 heterocycles. The number of aromatic amines is 1. The van der Waals surface area contributed by atoms with Gasteiger partial charge >= 0.3 is 0 Å². The van der Waals surface area contributed by atoms with Gasteiger partial charge in [0.25, 0.3) is 0 Å². The number of aromatic nitrogens is 2. The number of aliphatic hydroxyl groups is 1. The summed E-state index contributed by atoms with van der Waals surface area (Å²) in [4.78, 5) is 19.6. The Bertz CT molecular complexity index is 587. The van der Waals surface area contributed by atoms with E-state index in [1.165, 1.54) is 11.8 Å². The highest BCUT2D eigenvalue weighted by Crippen LogP contribution is 2.20. The largest absolute Gasteiger partial charge is 0.393 e. The lowest BCUT2D eigenvalue weighted by molar-refractivity contribution is -0.119. The second-order valence-electron chi connectivity index (χ2n) is 5.42. The molecular weight excluding hydrogens is 286 g/mol. The van der Waals surface area contributed by atoms with Crippen LogP contribution >= 0.6 is 11.8 Å². The summed E-state index contributed by atoms with van der Waals surface area (Å²) in [5.74, 6) is 0.389. The number of hydrogen-bond donors (Lipinski definition) is 3. The third-order valence-electron chi connectivity index (χ3n) is 3.77. The van der Waals surface area contributed by atoms with Gasteiger partial charge in [0.15, 0.2) is 5.16 Å². The summed E-state index contributed by atoms with van der Waals surface area (Å²) in [5.41, 5.74) is 1.91. The summed E-state index contributed by atoms with van der Waals surface area (Å²) in [6, 6.07) is 8.03. The predicted molar refractivity (Wildman–Crippen MR) is 83.2 cm³/mol. The highest BCUT2D eigenvalue weighted by molar-refractivity contribution is 7.99. The molecule has 0 atom stereocenters. The number of nitrogens with zero attached hydrogens (tertiary/aromatic N) is 1. The van der Waals surface area contributed by atoms with Crippen molar-refractivity contribution in [2.45, 2.75) is 43.0 Å². The average Bonchev–Trinajstić information content (AvgIpc) is 2.90. The Balaban J connectivity index is 1.49.